The van der Waals surface area contributed by atoms with Gasteiger partial charge in [0, 0.05) is 12.1 Å². The van der Waals surface area contributed by atoms with E-state index in [1.165, 1.54) is 56.1 Å². The van der Waals surface area contributed by atoms with Gasteiger partial charge < -0.3 is 11.1 Å². The molecule has 0 bridgehead atoms. The number of rotatable bonds is 9. The van der Waals surface area contributed by atoms with Crippen LogP contribution in [-0.4, -0.2) is 18.6 Å². The first-order chi connectivity index (χ1) is 9.79. The van der Waals surface area contributed by atoms with E-state index in [0.717, 1.165) is 13.0 Å². The van der Waals surface area contributed by atoms with Gasteiger partial charge in [0.1, 0.15) is 0 Å². The van der Waals surface area contributed by atoms with Crippen LogP contribution in [0.25, 0.3) is 0 Å². The van der Waals surface area contributed by atoms with E-state index in [0.29, 0.717) is 6.04 Å². The number of unbranched alkanes of at least 4 members (excludes halogenated alkanes) is 6. The molecule has 2 aliphatic rings. The van der Waals surface area contributed by atoms with Crippen LogP contribution < -0.4 is 11.1 Å². The Hall–Kier alpha value is -1.04. The monoisotopic (exact) mass is 272 g/mol. The minimum atomic E-state index is -0.0953. The largest absolute Gasteiger partial charge is 0.314 e. The van der Waals surface area contributed by atoms with Crippen molar-refractivity contribution in [2.75, 3.05) is 6.54 Å². The SMILES string of the molecule is CCCCCCCCCC1=CC(N)C#CC(C2CN2)=C1. The number of hydrogen-bond acceptors (Lipinski definition) is 2. The summed E-state index contributed by atoms with van der Waals surface area (Å²) < 4.78 is 0. The van der Waals surface area contributed by atoms with Crippen LogP contribution in [0, 0.1) is 11.8 Å². The first-order valence-electron chi connectivity index (χ1n) is 8.22. The molecule has 0 spiro atoms. The zero-order valence-electron chi connectivity index (χ0n) is 12.8. The van der Waals surface area contributed by atoms with Gasteiger partial charge >= 0.3 is 0 Å². The van der Waals surface area contributed by atoms with Gasteiger partial charge in [-0.25, -0.2) is 0 Å². The molecule has 1 aliphatic heterocycles. The first-order valence-corrected chi connectivity index (χ1v) is 8.22. The van der Waals surface area contributed by atoms with Gasteiger partial charge in [0.05, 0.1) is 12.1 Å². The Morgan fingerprint density at radius 3 is 2.60 bits per heavy atom. The minimum Gasteiger partial charge on any atom is -0.314 e. The molecule has 2 heteroatoms. The number of hydrogen-bond donors (Lipinski definition) is 2. The van der Waals surface area contributed by atoms with E-state index in [1.54, 1.807) is 0 Å². The van der Waals surface area contributed by atoms with Gasteiger partial charge in [-0.2, -0.15) is 0 Å². The van der Waals surface area contributed by atoms with E-state index in [9.17, 15) is 0 Å². The summed E-state index contributed by atoms with van der Waals surface area (Å²) in [5.74, 6) is 6.33. The maximum Gasteiger partial charge on any atom is 0.0860 e. The summed E-state index contributed by atoms with van der Waals surface area (Å²) in [6.45, 7) is 3.34. The third-order valence-corrected chi connectivity index (χ3v) is 3.97. The summed E-state index contributed by atoms with van der Waals surface area (Å²) in [7, 11) is 0. The molecular formula is C18H28N2. The summed E-state index contributed by atoms with van der Waals surface area (Å²) in [6, 6.07) is 0.396. The normalized spacial score (nSPS) is 24.3. The first kappa shape index (κ1) is 15.4. The maximum atomic E-state index is 5.99. The Bertz CT molecular complexity index is 418. The van der Waals surface area contributed by atoms with E-state index < -0.39 is 0 Å². The molecule has 1 aliphatic carbocycles. The molecule has 20 heavy (non-hydrogen) atoms. The van der Waals surface area contributed by atoms with E-state index in [-0.39, 0.29) is 6.04 Å². The topological polar surface area (TPSA) is 48.0 Å². The second kappa shape index (κ2) is 8.29. The van der Waals surface area contributed by atoms with Crippen molar-refractivity contribution >= 4 is 0 Å². The van der Waals surface area contributed by atoms with Gasteiger partial charge in [-0.3, -0.25) is 0 Å². The molecule has 0 radical (unpaired) electrons. The molecule has 3 N–H and O–H groups in total. The van der Waals surface area contributed by atoms with Gasteiger partial charge in [-0.1, -0.05) is 63.4 Å². The summed E-state index contributed by atoms with van der Waals surface area (Å²) in [4.78, 5) is 0. The number of allylic oxidation sites excluding steroid dienone is 2. The highest BCUT2D eigenvalue weighted by Gasteiger charge is 2.24. The molecule has 1 saturated heterocycles. The zero-order chi connectivity index (χ0) is 14.2. The van der Waals surface area contributed by atoms with Gasteiger partial charge in [0.25, 0.3) is 0 Å². The van der Waals surface area contributed by atoms with Crippen molar-refractivity contribution in [3.63, 3.8) is 0 Å². The Kier molecular flexibility index (Phi) is 6.36. The van der Waals surface area contributed by atoms with Gasteiger partial charge in [0.2, 0.25) is 0 Å². The van der Waals surface area contributed by atoms with E-state index >= 15 is 0 Å². The highest BCUT2D eigenvalue weighted by atomic mass is 15.1. The van der Waals surface area contributed by atoms with E-state index in [2.05, 4.69) is 36.2 Å². The van der Waals surface area contributed by atoms with Gasteiger partial charge in [-0.05, 0) is 24.5 Å². The predicted octanol–water partition coefficient (Wildman–Crippen LogP) is 3.30. The van der Waals surface area contributed by atoms with Crippen LogP contribution in [-0.2, 0) is 0 Å². The fourth-order valence-corrected chi connectivity index (χ4v) is 2.63. The lowest BCUT2D eigenvalue weighted by atomic mass is 10.0. The molecule has 0 saturated carbocycles. The van der Waals surface area contributed by atoms with Crippen LogP contribution in [0.15, 0.2) is 23.3 Å². The highest BCUT2D eigenvalue weighted by Crippen LogP contribution is 2.20. The minimum absolute atomic E-state index is 0.0953. The van der Waals surface area contributed by atoms with Crippen molar-refractivity contribution in [1.29, 1.82) is 0 Å². The van der Waals surface area contributed by atoms with Crippen molar-refractivity contribution < 1.29 is 0 Å². The molecule has 1 fully saturated rings. The van der Waals surface area contributed by atoms with Crippen LogP contribution in [0.5, 0.6) is 0 Å². The van der Waals surface area contributed by atoms with Crippen LogP contribution in [0.1, 0.15) is 58.3 Å². The van der Waals surface area contributed by atoms with Gasteiger partial charge in [0.15, 0.2) is 0 Å². The molecule has 2 unspecified atom stereocenters. The van der Waals surface area contributed by atoms with Crippen LogP contribution in [0.3, 0.4) is 0 Å². The standard InChI is InChI=1S/C18H28N2/c1-2-3-4-5-6-7-8-9-15-12-16(18-14-20-18)10-11-17(19)13-15/h12-13,17-18,20H,2-9,14,19H2,1H3. The van der Waals surface area contributed by atoms with Crippen molar-refractivity contribution in [3.8, 4) is 11.8 Å². The Labute approximate surface area is 123 Å². The lowest BCUT2D eigenvalue weighted by Crippen LogP contribution is -2.13. The number of nitrogens with one attached hydrogen (secondary N) is 1. The lowest BCUT2D eigenvalue weighted by molar-refractivity contribution is 0.589. The molecule has 2 nitrogen and oxygen atoms in total. The average Bonchev–Trinajstić information content (AvgIpc) is 3.25. The predicted molar refractivity (Wildman–Crippen MR) is 86.3 cm³/mol. The third kappa shape index (κ3) is 5.53. The van der Waals surface area contributed by atoms with Crippen molar-refractivity contribution in [2.24, 2.45) is 5.73 Å². The smallest absolute Gasteiger partial charge is 0.0860 e. The fraction of sp³-hybridized carbons (Fsp3) is 0.667. The van der Waals surface area contributed by atoms with Crippen molar-refractivity contribution in [3.05, 3.63) is 23.3 Å². The highest BCUT2D eigenvalue weighted by molar-refractivity contribution is 5.46. The number of nitrogens with two attached hydrogens (primary N) is 1. The van der Waals surface area contributed by atoms with E-state index in [1.807, 2.05) is 0 Å². The van der Waals surface area contributed by atoms with Crippen LogP contribution in [0.2, 0.25) is 0 Å². The van der Waals surface area contributed by atoms with Crippen LogP contribution >= 0.6 is 0 Å². The Morgan fingerprint density at radius 2 is 1.90 bits per heavy atom. The zero-order valence-corrected chi connectivity index (χ0v) is 12.8. The molecule has 110 valence electrons. The molecule has 2 rings (SSSR count). The molecule has 0 amide bonds. The molecule has 0 aromatic heterocycles. The summed E-state index contributed by atoms with van der Waals surface area (Å²) in [5, 5.41) is 3.32. The summed E-state index contributed by atoms with van der Waals surface area (Å²) in [6.07, 6.45) is 15.0. The lowest BCUT2D eigenvalue weighted by Gasteiger charge is -2.05. The van der Waals surface area contributed by atoms with Crippen molar-refractivity contribution in [2.45, 2.75) is 70.4 Å². The summed E-state index contributed by atoms with van der Waals surface area (Å²) >= 11 is 0. The molecule has 1 heterocycles. The summed E-state index contributed by atoms with van der Waals surface area (Å²) in [5.41, 5.74) is 8.59. The fourth-order valence-electron chi connectivity index (χ4n) is 2.63. The second-order valence-corrected chi connectivity index (χ2v) is 5.97. The second-order valence-electron chi connectivity index (χ2n) is 5.97. The van der Waals surface area contributed by atoms with Gasteiger partial charge in [-0.15, -0.1) is 0 Å². The maximum absolute atomic E-state index is 5.99. The molecular weight excluding hydrogens is 244 g/mol. The van der Waals surface area contributed by atoms with E-state index in [4.69, 9.17) is 5.73 Å². The van der Waals surface area contributed by atoms with Crippen molar-refractivity contribution in [1.82, 2.24) is 5.32 Å². The molecule has 0 aromatic carbocycles. The average molecular weight is 272 g/mol. The van der Waals surface area contributed by atoms with Crippen LogP contribution in [0.4, 0.5) is 0 Å². The quantitative estimate of drug-likeness (QED) is 0.384. The Balaban J connectivity index is 1.70. The Morgan fingerprint density at radius 1 is 1.20 bits per heavy atom. The third-order valence-electron chi connectivity index (χ3n) is 3.97. The molecule has 0 aromatic rings. The molecule has 2 atom stereocenters.